The average Bonchev–Trinajstić information content (AvgIpc) is 3.18. The van der Waals surface area contributed by atoms with Gasteiger partial charge in [-0.2, -0.15) is 4.98 Å². The van der Waals surface area contributed by atoms with Crippen molar-refractivity contribution in [2.75, 3.05) is 32.1 Å². The van der Waals surface area contributed by atoms with Crippen molar-refractivity contribution in [1.82, 2.24) is 9.88 Å². The number of hydrogen-bond acceptors (Lipinski definition) is 5. The Labute approximate surface area is 164 Å². The van der Waals surface area contributed by atoms with Gasteiger partial charge in [-0.3, -0.25) is 4.79 Å². The molecule has 6 nitrogen and oxygen atoms in total. The Balaban J connectivity index is 1.45. The van der Waals surface area contributed by atoms with Crippen LogP contribution in [-0.2, 0) is 11.3 Å². The highest BCUT2D eigenvalue weighted by molar-refractivity contribution is 5.80. The molecule has 4 rings (SSSR count). The maximum absolute atomic E-state index is 13.1. The lowest BCUT2D eigenvalue weighted by Gasteiger charge is -2.33. The highest BCUT2D eigenvalue weighted by Gasteiger charge is 2.30. The van der Waals surface area contributed by atoms with E-state index in [1.807, 2.05) is 55.6 Å². The average molecular weight is 379 g/mol. The molecule has 0 saturated carbocycles. The molecule has 6 heteroatoms. The van der Waals surface area contributed by atoms with Crippen LogP contribution in [0.25, 0.3) is 11.1 Å². The largest absolute Gasteiger partial charge is 0.496 e. The minimum atomic E-state index is -0.0662. The summed E-state index contributed by atoms with van der Waals surface area (Å²) in [4.78, 5) is 21.5. The van der Waals surface area contributed by atoms with Gasteiger partial charge in [0.1, 0.15) is 11.3 Å². The van der Waals surface area contributed by atoms with Crippen molar-refractivity contribution in [3.63, 3.8) is 0 Å². The van der Waals surface area contributed by atoms with Crippen LogP contribution in [0.5, 0.6) is 5.75 Å². The fraction of sp³-hybridized carbons (Fsp3) is 0.364. The number of rotatable bonds is 5. The normalized spacial score (nSPS) is 16.9. The van der Waals surface area contributed by atoms with E-state index in [0.29, 0.717) is 19.1 Å². The van der Waals surface area contributed by atoms with Crippen LogP contribution in [0.15, 0.2) is 52.9 Å². The first kappa shape index (κ1) is 18.3. The highest BCUT2D eigenvalue weighted by Crippen LogP contribution is 2.27. The van der Waals surface area contributed by atoms with Gasteiger partial charge in [-0.1, -0.05) is 30.3 Å². The Hall–Kier alpha value is -3.02. The third-order valence-electron chi connectivity index (χ3n) is 5.30. The summed E-state index contributed by atoms with van der Waals surface area (Å²) in [5.74, 6) is 0.883. The number of para-hydroxylation sites is 3. The number of piperidine rings is 1. The standard InChI is InChI=1S/C22H25N3O3/c1-24(14-16-8-3-5-11-19(16)27-2)21(26)17-9-7-13-25(15-17)22-23-18-10-4-6-12-20(18)28-22/h3-6,8,10-12,17H,7,9,13-15H2,1-2H3. The van der Waals surface area contributed by atoms with Gasteiger partial charge >= 0.3 is 0 Å². The van der Waals surface area contributed by atoms with Gasteiger partial charge in [-0.25, -0.2) is 0 Å². The molecule has 1 atom stereocenters. The van der Waals surface area contributed by atoms with Crippen molar-refractivity contribution < 1.29 is 13.9 Å². The minimum Gasteiger partial charge on any atom is -0.496 e. The van der Waals surface area contributed by atoms with E-state index in [1.165, 1.54) is 0 Å². The number of carbonyl (C=O) groups is 1. The van der Waals surface area contributed by atoms with Crippen LogP contribution in [0.1, 0.15) is 18.4 Å². The molecule has 0 bridgehead atoms. The van der Waals surface area contributed by atoms with Crippen LogP contribution in [0.3, 0.4) is 0 Å². The molecule has 0 spiro atoms. The predicted octanol–water partition coefficient (Wildman–Crippen LogP) is 3.71. The Morgan fingerprint density at radius 3 is 2.86 bits per heavy atom. The monoisotopic (exact) mass is 379 g/mol. The zero-order valence-electron chi connectivity index (χ0n) is 16.3. The van der Waals surface area contributed by atoms with Crippen molar-refractivity contribution in [2.24, 2.45) is 5.92 Å². The molecule has 1 amide bonds. The van der Waals surface area contributed by atoms with Crippen LogP contribution in [0.2, 0.25) is 0 Å². The first-order valence-electron chi connectivity index (χ1n) is 9.63. The summed E-state index contributed by atoms with van der Waals surface area (Å²) in [6.45, 7) is 2.01. The molecule has 0 N–H and O–H groups in total. The fourth-order valence-electron chi connectivity index (χ4n) is 3.83. The van der Waals surface area contributed by atoms with Crippen LogP contribution in [0.4, 0.5) is 6.01 Å². The Morgan fingerprint density at radius 1 is 1.25 bits per heavy atom. The Kier molecular flexibility index (Phi) is 5.19. The lowest BCUT2D eigenvalue weighted by atomic mass is 9.96. The van der Waals surface area contributed by atoms with E-state index in [2.05, 4.69) is 9.88 Å². The number of aromatic nitrogens is 1. The first-order valence-corrected chi connectivity index (χ1v) is 9.63. The molecule has 1 aromatic heterocycles. The molecule has 1 aliphatic heterocycles. The second-order valence-electron chi connectivity index (χ2n) is 7.26. The van der Waals surface area contributed by atoms with Gasteiger partial charge < -0.3 is 19.0 Å². The maximum atomic E-state index is 13.1. The highest BCUT2D eigenvalue weighted by atomic mass is 16.5. The first-order chi connectivity index (χ1) is 13.7. The molecular formula is C22H25N3O3. The van der Waals surface area contributed by atoms with Gasteiger partial charge in [0.25, 0.3) is 6.01 Å². The molecule has 1 fully saturated rings. The number of nitrogens with zero attached hydrogens (tertiary/aromatic N) is 3. The van der Waals surface area contributed by atoms with E-state index in [0.717, 1.165) is 41.8 Å². The third kappa shape index (κ3) is 3.67. The van der Waals surface area contributed by atoms with E-state index in [-0.39, 0.29) is 11.8 Å². The van der Waals surface area contributed by atoms with Gasteiger partial charge in [0.2, 0.25) is 5.91 Å². The zero-order chi connectivity index (χ0) is 19.5. The maximum Gasteiger partial charge on any atom is 0.298 e. The molecule has 2 aromatic carbocycles. The van der Waals surface area contributed by atoms with E-state index in [1.54, 1.807) is 12.0 Å². The minimum absolute atomic E-state index is 0.0662. The molecule has 1 aliphatic rings. The number of fused-ring (bicyclic) bond motifs is 1. The molecule has 2 heterocycles. The van der Waals surface area contributed by atoms with Gasteiger partial charge in [-0.15, -0.1) is 0 Å². The second kappa shape index (κ2) is 7.92. The quantitative estimate of drug-likeness (QED) is 0.676. The number of benzene rings is 2. The summed E-state index contributed by atoms with van der Waals surface area (Å²) in [6.07, 6.45) is 1.82. The zero-order valence-corrected chi connectivity index (χ0v) is 16.3. The lowest BCUT2D eigenvalue weighted by molar-refractivity contribution is -0.135. The van der Waals surface area contributed by atoms with Crippen molar-refractivity contribution >= 4 is 23.0 Å². The van der Waals surface area contributed by atoms with Gasteiger partial charge in [-0.05, 0) is 31.0 Å². The van der Waals surface area contributed by atoms with Crippen LogP contribution < -0.4 is 9.64 Å². The number of ether oxygens (including phenoxy) is 1. The molecule has 1 unspecified atom stereocenters. The van der Waals surface area contributed by atoms with E-state index >= 15 is 0 Å². The summed E-state index contributed by atoms with van der Waals surface area (Å²) in [6, 6.07) is 16.2. The summed E-state index contributed by atoms with van der Waals surface area (Å²) in [5.41, 5.74) is 2.63. The number of oxazole rings is 1. The van der Waals surface area contributed by atoms with Crippen LogP contribution in [-0.4, -0.2) is 43.0 Å². The number of amides is 1. The number of carbonyl (C=O) groups excluding carboxylic acids is 1. The summed E-state index contributed by atoms with van der Waals surface area (Å²) >= 11 is 0. The smallest absolute Gasteiger partial charge is 0.298 e. The topological polar surface area (TPSA) is 58.8 Å². The van der Waals surface area contributed by atoms with Gasteiger partial charge in [0.15, 0.2) is 5.58 Å². The van der Waals surface area contributed by atoms with Crippen molar-refractivity contribution in [3.8, 4) is 5.75 Å². The molecular weight excluding hydrogens is 354 g/mol. The molecule has 1 saturated heterocycles. The molecule has 0 aliphatic carbocycles. The summed E-state index contributed by atoms with van der Waals surface area (Å²) in [5, 5.41) is 0. The second-order valence-corrected chi connectivity index (χ2v) is 7.26. The Bertz CT molecular complexity index is 935. The number of hydrogen-bond donors (Lipinski definition) is 0. The SMILES string of the molecule is COc1ccccc1CN(C)C(=O)C1CCCN(c2nc3ccccc3o2)C1. The molecule has 146 valence electrons. The van der Waals surface area contributed by atoms with E-state index in [4.69, 9.17) is 9.15 Å². The van der Waals surface area contributed by atoms with Crippen molar-refractivity contribution in [1.29, 1.82) is 0 Å². The van der Waals surface area contributed by atoms with Crippen LogP contribution in [0, 0.1) is 5.92 Å². The predicted molar refractivity (Wildman–Crippen MR) is 108 cm³/mol. The molecule has 0 radical (unpaired) electrons. The van der Waals surface area contributed by atoms with Crippen LogP contribution >= 0.6 is 0 Å². The van der Waals surface area contributed by atoms with Crippen molar-refractivity contribution in [3.05, 3.63) is 54.1 Å². The molecule has 3 aromatic rings. The summed E-state index contributed by atoms with van der Waals surface area (Å²) < 4.78 is 11.3. The fourth-order valence-corrected chi connectivity index (χ4v) is 3.83. The van der Waals surface area contributed by atoms with E-state index in [9.17, 15) is 4.79 Å². The number of anilines is 1. The van der Waals surface area contributed by atoms with Gasteiger partial charge in [0.05, 0.1) is 13.0 Å². The Morgan fingerprint density at radius 2 is 2.04 bits per heavy atom. The summed E-state index contributed by atoms with van der Waals surface area (Å²) in [7, 11) is 3.51. The third-order valence-corrected chi connectivity index (χ3v) is 5.30. The van der Waals surface area contributed by atoms with E-state index < -0.39 is 0 Å². The number of methoxy groups -OCH3 is 1. The van der Waals surface area contributed by atoms with Gasteiger partial charge in [0, 0.05) is 32.2 Å². The van der Waals surface area contributed by atoms with Crippen molar-refractivity contribution in [2.45, 2.75) is 19.4 Å². The lowest BCUT2D eigenvalue weighted by Crippen LogP contribution is -2.43. The molecule has 28 heavy (non-hydrogen) atoms.